The Morgan fingerprint density at radius 1 is 1.38 bits per heavy atom. The van der Waals surface area contributed by atoms with Gasteiger partial charge in [-0.05, 0) is 62.2 Å². The summed E-state index contributed by atoms with van der Waals surface area (Å²) >= 11 is 7.92. The highest BCUT2D eigenvalue weighted by molar-refractivity contribution is 7.98. The standard InChI is InChI=1S/C13H18ClNS/c1-16-13-3-2-11(9-12(13)14)8-10-4-6-15-7-5-10/h2-3,9-10,15H,4-8H2,1H3. The molecule has 1 aromatic rings. The summed E-state index contributed by atoms with van der Waals surface area (Å²) in [4.78, 5) is 1.18. The van der Waals surface area contributed by atoms with Crippen molar-refractivity contribution >= 4 is 23.4 Å². The number of hydrogen-bond acceptors (Lipinski definition) is 2. The van der Waals surface area contributed by atoms with Gasteiger partial charge in [-0.1, -0.05) is 17.7 Å². The van der Waals surface area contributed by atoms with E-state index in [1.165, 1.54) is 42.8 Å². The predicted octanol–water partition coefficient (Wildman–Crippen LogP) is 3.60. The lowest BCUT2D eigenvalue weighted by Gasteiger charge is -2.22. The van der Waals surface area contributed by atoms with Gasteiger partial charge < -0.3 is 5.32 Å². The minimum Gasteiger partial charge on any atom is -0.317 e. The Kier molecular flexibility index (Phi) is 4.56. The van der Waals surface area contributed by atoms with E-state index in [1.54, 1.807) is 11.8 Å². The maximum absolute atomic E-state index is 6.21. The van der Waals surface area contributed by atoms with Crippen LogP contribution >= 0.6 is 23.4 Å². The van der Waals surface area contributed by atoms with E-state index in [9.17, 15) is 0 Å². The minimum atomic E-state index is 0.831. The molecule has 1 heterocycles. The highest BCUT2D eigenvalue weighted by Crippen LogP contribution is 2.28. The predicted molar refractivity (Wildman–Crippen MR) is 72.5 cm³/mol. The van der Waals surface area contributed by atoms with Crippen molar-refractivity contribution in [1.82, 2.24) is 5.32 Å². The molecule has 1 N–H and O–H groups in total. The van der Waals surface area contributed by atoms with E-state index in [0.29, 0.717) is 0 Å². The molecule has 1 aliphatic rings. The first-order chi connectivity index (χ1) is 7.79. The maximum Gasteiger partial charge on any atom is 0.0544 e. The average molecular weight is 256 g/mol. The fourth-order valence-corrected chi connectivity index (χ4v) is 3.15. The number of halogens is 1. The van der Waals surface area contributed by atoms with E-state index >= 15 is 0 Å². The first-order valence-corrected chi connectivity index (χ1v) is 7.43. The van der Waals surface area contributed by atoms with Crippen molar-refractivity contribution in [3.8, 4) is 0 Å². The van der Waals surface area contributed by atoms with Gasteiger partial charge in [0.25, 0.3) is 0 Å². The van der Waals surface area contributed by atoms with Gasteiger partial charge in [0, 0.05) is 4.90 Å². The Bertz CT molecular complexity index is 348. The largest absolute Gasteiger partial charge is 0.317 e. The third-order valence-electron chi connectivity index (χ3n) is 3.20. The molecular formula is C13H18ClNS. The summed E-state index contributed by atoms with van der Waals surface area (Å²) in [6, 6.07) is 6.50. The minimum absolute atomic E-state index is 0.831. The first kappa shape index (κ1) is 12.3. The molecule has 2 rings (SSSR count). The molecule has 0 bridgehead atoms. The quantitative estimate of drug-likeness (QED) is 0.829. The molecule has 88 valence electrons. The first-order valence-electron chi connectivity index (χ1n) is 5.82. The van der Waals surface area contributed by atoms with Crippen molar-refractivity contribution in [2.75, 3.05) is 19.3 Å². The number of benzene rings is 1. The fraction of sp³-hybridized carbons (Fsp3) is 0.538. The topological polar surface area (TPSA) is 12.0 Å². The van der Waals surface area contributed by atoms with E-state index in [2.05, 4.69) is 29.8 Å². The van der Waals surface area contributed by atoms with Gasteiger partial charge in [0.1, 0.15) is 0 Å². The summed E-state index contributed by atoms with van der Waals surface area (Å²) < 4.78 is 0. The molecule has 0 amide bonds. The van der Waals surface area contributed by atoms with Crippen LogP contribution in [0.2, 0.25) is 5.02 Å². The fourth-order valence-electron chi connectivity index (χ4n) is 2.26. The molecule has 0 aliphatic carbocycles. The van der Waals surface area contributed by atoms with E-state index in [0.717, 1.165) is 10.9 Å². The van der Waals surface area contributed by atoms with Crippen LogP contribution in [0.3, 0.4) is 0 Å². The van der Waals surface area contributed by atoms with Crippen LogP contribution in [0.4, 0.5) is 0 Å². The lowest BCUT2D eigenvalue weighted by atomic mass is 9.91. The molecule has 1 nitrogen and oxygen atoms in total. The third kappa shape index (κ3) is 3.16. The van der Waals surface area contributed by atoms with E-state index in [4.69, 9.17) is 11.6 Å². The normalized spacial score (nSPS) is 17.6. The number of thioether (sulfide) groups is 1. The number of piperidine rings is 1. The lowest BCUT2D eigenvalue weighted by molar-refractivity contribution is 0.372. The number of rotatable bonds is 3. The highest BCUT2D eigenvalue weighted by atomic mass is 35.5. The molecule has 0 saturated carbocycles. The summed E-state index contributed by atoms with van der Waals surface area (Å²) in [5.41, 5.74) is 1.38. The van der Waals surface area contributed by atoms with Crippen molar-refractivity contribution in [2.24, 2.45) is 5.92 Å². The summed E-state index contributed by atoms with van der Waals surface area (Å²) in [6.07, 6.45) is 5.83. The Morgan fingerprint density at radius 2 is 2.12 bits per heavy atom. The smallest absolute Gasteiger partial charge is 0.0544 e. The van der Waals surface area contributed by atoms with Gasteiger partial charge in [-0.15, -0.1) is 11.8 Å². The maximum atomic E-state index is 6.21. The van der Waals surface area contributed by atoms with Gasteiger partial charge in [0.2, 0.25) is 0 Å². The Hall–Kier alpha value is -0.180. The third-order valence-corrected chi connectivity index (χ3v) is 4.42. The van der Waals surface area contributed by atoms with Crippen LogP contribution in [0.15, 0.2) is 23.1 Å². The SMILES string of the molecule is CSc1ccc(CC2CCNCC2)cc1Cl. The Balaban J connectivity index is 2.01. The van der Waals surface area contributed by atoms with Crippen molar-refractivity contribution in [3.05, 3.63) is 28.8 Å². The van der Waals surface area contributed by atoms with E-state index in [-0.39, 0.29) is 0 Å². The van der Waals surface area contributed by atoms with Crippen molar-refractivity contribution in [3.63, 3.8) is 0 Å². The van der Waals surface area contributed by atoms with E-state index < -0.39 is 0 Å². The molecule has 0 radical (unpaired) electrons. The molecule has 0 spiro atoms. The van der Waals surface area contributed by atoms with Crippen LogP contribution in [-0.2, 0) is 6.42 Å². The van der Waals surface area contributed by atoms with Gasteiger partial charge >= 0.3 is 0 Å². The Labute approximate surface area is 107 Å². The summed E-state index contributed by atoms with van der Waals surface area (Å²) in [5, 5.41) is 4.30. The van der Waals surface area contributed by atoms with Gasteiger partial charge in [0.15, 0.2) is 0 Å². The van der Waals surface area contributed by atoms with Crippen molar-refractivity contribution < 1.29 is 0 Å². The molecular weight excluding hydrogens is 238 g/mol. The van der Waals surface area contributed by atoms with Gasteiger partial charge in [0.05, 0.1) is 5.02 Å². The second-order valence-electron chi connectivity index (χ2n) is 4.37. The zero-order chi connectivity index (χ0) is 11.4. The van der Waals surface area contributed by atoms with Crippen LogP contribution in [0.5, 0.6) is 0 Å². The molecule has 1 aromatic carbocycles. The zero-order valence-corrected chi connectivity index (χ0v) is 11.2. The van der Waals surface area contributed by atoms with Crippen LogP contribution < -0.4 is 5.32 Å². The van der Waals surface area contributed by atoms with Crippen LogP contribution in [0, 0.1) is 5.92 Å². The van der Waals surface area contributed by atoms with Gasteiger partial charge in [-0.2, -0.15) is 0 Å². The van der Waals surface area contributed by atoms with Crippen LogP contribution in [0.1, 0.15) is 18.4 Å². The highest BCUT2D eigenvalue weighted by Gasteiger charge is 2.13. The summed E-state index contributed by atoms with van der Waals surface area (Å²) in [6.45, 7) is 2.34. The molecule has 0 atom stereocenters. The molecule has 1 aliphatic heterocycles. The number of hydrogen-bond donors (Lipinski definition) is 1. The number of nitrogens with one attached hydrogen (secondary N) is 1. The molecule has 1 fully saturated rings. The summed E-state index contributed by atoms with van der Waals surface area (Å²) in [7, 11) is 0. The van der Waals surface area contributed by atoms with E-state index in [1.807, 2.05) is 0 Å². The average Bonchev–Trinajstić information content (AvgIpc) is 2.31. The van der Waals surface area contributed by atoms with Crippen molar-refractivity contribution in [1.29, 1.82) is 0 Å². The second kappa shape index (κ2) is 5.95. The monoisotopic (exact) mass is 255 g/mol. The summed E-state index contributed by atoms with van der Waals surface area (Å²) in [5.74, 6) is 0.831. The van der Waals surface area contributed by atoms with Gasteiger partial charge in [-0.25, -0.2) is 0 Å². The molecule has 16 heavy (non-hydrogen) atoms. The zero-order valence-electron chi connectivity index (χ0n) is 9.63. The lowest BCUT2D eigenvalue weighted by Crippen LogP contribution is -2.28. The second-order valence-corrected chi connectivity index (χ2v) is 5.62. The molecule has 0 unspecified atom stereocenters. The Morgan fingerprint density at radius 3 is 2.75 bits per heavy atom. The van der Waals surface area contributed by atoms with Crippen LogP contribution in [0.25, 0.3) is 0 Å². The van der Waals surface area contributed by atoms with Crippen LogP contribution in [-0.4, -0.2) is 19.3 Å². The van der Waals surface area contributed by atoms with Gasteiger partial charge in [-0.3, -0.25) is 0 Å². The molecule has 1 saturated heterocycles. The van der Waals surface area contributed by atoms with Crippen molar-refractivity contribution in [2.45, 2.75) is 24.2 Å². The molecule has 3 heteroatoms. The molecule has 0 aromatic heterocycles.